The molecule has 0 bridgehead atoms. The van der Waals surface area contributed by atoms with Crippen molar-refractivity contribution in [2.45, 2.75) is 24.4 Å². The van der Waals surface area contributed by atoms with Gasteiger partial charge in [-0.2, -0.15) is 0 Å². The zero-order valence-corrected chi connectivity index (χ0v) is 13.3. The van der Waals surface area contributed by atoms with Crippen molar-refractivity contribution in [2.75, 3.05) is 0 Å². The SMILES string of the molecule is CC(NS(=O)(=O)c1cc(CN)oc1Br)c1nncn1C. The number of sulfonamides is 1. The van der Waals surface area contributed by atoms with E-state index < -0.39 is 16.1 Å². The monoisotopic (exact) mass is 363 g/mol. The predicted molar refractivity (Wildman–Crippen MR) is 74.0 cm³/mol. The Morgan fingerprint density at radius 2 is 2.30 bits per heavy atom. The highest BCUT2D eigenvalue weighted by molar-refractivity contribution is 9.10. The number of furan rings is 1. The maximum atomic E-state index is 12.3. The maximum Gasteiger partial charge on any atom is 0.245 e. The molecule has 0 aromatic carbocycles. The molecule has 0 aliphatic carbocycles. The third kappa shape index (κ3) is 2.92. The van der Waals surface area contributed by atoms with Crippen LogP contribution in [-0.2, 0) is 23.6 Å². The van der Waals surface area contributed by atoms with E-state index in [1.54, 1.807) is 18.5 Å². The number of hydrogen-bond donors (Lipinski definition) is 2. The van der Waals surface area contributed by atoms with E-state index in [-0.39, 0.29) is 16.1 Å². The first-order valence-corrected chi connectivity index (χ1v) is 7.97. The van der Waals surface area contributed by atoms with E-state index in [1.807, 2.05) is 0 Å². The largest absolute Gasteiger partial charge is 0.452 e. The van der Waals surface area contributed by atoms with E-state index >= 15 is 0 Å². The van der Waals surface area contributed by atoms with E-state index in [1.165, 1.54) is 12.4 Å². The van der Waals surface area contributed by atoms with Crippen molar-refractivity contribution >= 4 is 26.0 Å². The number of hydrogen-bond acceptors (Lipinski definition) is 6. The van der Waals surface area contributed by atoms with Gasteiger partial charge >= 0.3 is 0 Å². The van der Waals surface area contributed by atoms with Gasteiger partial charge in [0.15, 0.2) is 4.67 Å². The van der Waals surface area contributed by atoms with Crippen molar-refractivity contribution in [1.29, 1.82) is 0 Å². The molecule has 20 heavy (non-hydrogen) atoms. The fourth-order valence-corrected chi connectivity index (χ4v) is 3.91. The second-order valence-corrected chi connectivity index (χ2v) is 6.60. The highest BCUT2D eigenvalue weighted by atomic mass is 79.9. The third-order valence-corrected chi connectivity index (χ3v) is 5.06. The predicted octanol–water partition coefficient (Wildman–Crippen LogP) is 0.669. The minimum Gasteiger partial charge on any atom is -0.452 e. The molecule has 2 aromatic heterocycles. The van der Waals surface area contributed by atoms with Gasteiger partial charge in [-0.15, -0.1) is 10.2 Å². The number of aromatic nitrogens is 3. The van der Waals surface area contributed by atoms with Gasteiger partial charge < -0.3 is 14.7 Å². The van der Waals surface area contributed by atoms with Crippen molar-refractivity contribution < 1.29 is 12.8 Å². The molecule has 0 aliphatic rings. The molecule has 0 fully saturated rings. The summed E-state index contributed by atoms with van der Waals surface area (Å²) in [5, 5.41) is 7.58. The Hall–Kier alpha value is -1.23. The first kappa shape index (κ1) is 15.2. The van der Waals surface area contributed by atoms with E-state index in [9.17, 15) is 8.42 Å². The normalized spacial score (nSPS) is 13.6. The molecule has 10 heteroatoms. The topological polar surface area (TPSA) is 116 Å². The quantitative estimate of drug-likeness (QED) is 0.806. The van der Waals surface area contributed by atoms with Crippen LogP contribution in [0, 0.1) is 0 Å². The summed E-state index contributed by atoms with van der Waals surface area (Å²) in [6, 6.07) is 0.853. The molecular formula is C10H14BrN5O3S. The maximum absolute atomic E-state index is 12.3. The lowest BCUT2D eigenvalue weighted by Gasteiger charge is -2.12. The number of halogens is 1. The first-order valence-electron chi connectivity index (χ1n) is 5.69. The molecule has 2 aromatic rings. The van der Waals surface area contributed by atoms with Gasteiger partial charge in [-0.05, 0) is 22.9 Å². The fourth-order valence-electron chi connectivity index (χ4n) is 1.71. The lowest BCUT2D eigenvalue weighted by atomic mass is 10.3. The number of nitrogens with two attached hydrogens (primary N) is 1. The Morgan fingerprint density at radius 3 is 2.80 bits per heavy atom. The molecular weight excluding hydrogens is 350 g/mol. The summed E-state index contributed by atoms with van der Waals surface area (Å²) in [7, 11) is -2.01. The Bertz CT molecular complexity index is 708. The Morgan fingerprint density at radius 1 is 1.60 bits per heavy atom. The molecule has 2 heterocycles. The van der Waals surface area contributed by atoms with E-state index in [4.69, 9.17) is 10.2 Å². The second kappa shape index (κ2) is 5.64. The summed E-state index contributed by atoms with van der Waals surface area (Å²) in [4.78, 5) is 0.00645. The van der Waals surface area contributed by atoms with Crippen LogP contribution >= 0.6 is 15.9 Å². The first-order chi connectivity index (χ1) is 9.35. The van der Waals surface area contributed by atoms with Crippen LogP contribution in [0.1, 0.15) is 24.6 Å². The van der Waals surface area contributed by atoms with Crippen molar-refractivity contribution in [2.24, 2.45) is 12.8 Å². The summed E-state index contributed by atoms with van der Waals surface area (Å²) in [5.41, 5.74) is 5.42. The van der Waals surface area contributed by atoms with Crippen LogP contribution in [0.5, 0.6) is 0 Å². The highest BCUT2D eigenvalue weighted by Crippen LogP contribution is 2.27. The van der Waals surface area contributed by atoms with Crippen LogP contribution < -0.4 is 10.5 Å². The standard InChI is InChI=1S/C10H14BrN5O3S/c1-6(10-14-13-5-16(10)2)15-20(17,18)8-3-7(4-12)19-9(8)11/h3,5-6,15H,4,12H2,1-2H3. The van der Waals surface area contributed by atoms with Crippen molar-refractivity contribution in [3.05, 3.63) is 28.6 Å². The van der Waals surface area contributed by atoms with Crippen LogP contribution in [0.15, 0.2) is 26.4 Å². The Balaban J connectivity index is 2.27. The molecule has 2 rings (SSSR count). The molecule has 110 valence electrons. The van der Waals surface area contributed by atoms with Gasteiger partial charge in [0.25, 0.3) is 0 Å². The van der Waals surface area contributed by atoms with Gasteiger partial charge in [-0.1, -0.05) is 0 Å². The molecule has 0 amide bonds. The Labute approximate surface area is 124 Å². The molecule has 3 N–H and O–H groups in total. The van der Waals surface area contributed by atoms with Gasteiger partial charge in [0.05, 0.1) is 12.6 Å². The smallest absolute Gasteiger partial charge is 0.245 e. The summed E-state index contributed by atoms with van der Waals surface area (Å²) >= 11 is 3.07. The van der Waals surface area contributed by atoms with Gasteiger partial charge in [0, 0.05) is 13.1 Å². The average molecular weight is 364 g/mol. The lowest BCUT2D eigenvalue weighted by Crippen LogP contribution is -2.28. The minimum absolute atomic E-state index is 0.00645. The molecule has 1 atom stereocenters. The summed E-state index contributed by atoms with van der Waals surface area (Å²) in [5.74, 6) is 0.885. The molecule has 1 unspecified atom stereocenters. The molecule has 0 aliphatic heterocycles. The van der Waals surface area contributed by atoms with Gasteiger partial charge in [0.1, 0.15) is 22.8 Å². The van der Waals surface area contributed by atoms with Crippen LogP contribution in [0.4, 0.5) is 0 Å². The van der Waals surface area contributed by atoms with Crippen molar-refractivity contribution in [3.63, 3.8) is 0 Å². The second-order valence-electron chi connectivity index (χ2n) is 4.20. The molecule has 0 spiro atoms. The highest BCUT2D eigenvalue weighted by Gasteiger charge is 2.26. The van der Waals surface area contributed by atoms with E-state index in [2.05, 4.69) is 30.8 Å². The van der Waals surface area contributed by atoms with Gasteiger partial charge in [-0.3, -0.25) is 0 Å². The van der Waals surface area contributed by atoms with Gasteiger partial charge in [-0.25, -0.2) is 13.1 Å². The molecule has 0 saturated carbocycles. The summed E-state index contributed by atoms with van der Waals surface area (Å²) in [6.45, 7) is 1.80. The van der Waals surface area contributed by atoms with Crippen LogP contribution in [0.3, 0.4) is 0 Å². The number of aryl methyl sites for hydroxylation is 1. The van der Waals surface area contributed by atoms with E-state index in [0.29, 0.717) is 11.6 Å². The van der Waals surface area contributed by atoms with Crippen molar-refractivity contribution in [1.82, 2.24) is 19.5 Å². The third-order valence-electron chi connectivity index (χ3n) is 2.66. The molecule has 8 nitrogen and oxygen atoms in total. The van der Waals surface area contributed by atoms with E-state index in [0.717, 1.165) is 0 Å². The zero-order valence-electron chi connectivity index (χ0n) is 10.9. The van der Waals surface area contributed by atoms with Crippen LogP contribution in [0.2, 0.25) is 0 Å². The number of nitrogens with zero attached hydrogens (tertiary/aromatic N) is 3. The van der Waals surface area contributed by atoms with Crippen molar-refractivity contribution in [3.8, 4) is 0 Å². The zero-order chi connectivity index (χ0) is 14.9. The van der Waals surface area contributed by atoms with Gasteiger partial charge in [0.2, 0.25) is 10.0 Å². The number of nitrogens with one attached hydrogen (secondary N) is 1. The van der Waals surface area contributed by atoms with Crippen LogP contribution in [-0.4, -0.2) is 23.2 Å². The number of rotatable bonds is 5. The molecule has 0 radical (unpaired) electrons. The Kier molecular flexibility index (Phi) is 4.28. The summed E-state index contributed by atoms with van der Waals surface area (Å²) < 4.78 is 34.1. The summed E-state index contributed by atoms with van der Waals surface area (Å²) in [6.07, 6.45) is 1.50. The lowest BCUT2D eigenvalue weighted by molar-refractivity contribution is 0.482. The minimum atomic E-state index is -3.75. The fraction of sp³-hybridized carbons (Fsp3) is 0.400. The average Bonchev–Trinajstić information content (AvgIpc) is 2.94. The molecule has 0 saturated heterocycles. The van der Waals surface area contributed by atoms with Crippen LogP contribution in [0.25, 0.3) is 0 Å².